The van der Waals surface area contributed by atoms with Crippen molar-refractivity contribution in [1.29, 1.82) is 0 Å². The maximum Gasteiger partial charge on any atom is 0.143 e. The summed E-state index contributed by atoms with van der Waals surface area (Å²) in [4.78, 5) is 1.20. The quantitative estimate of drug-likeness (QED) is 0.802. The van der Waals surface area contributed by atoms with E-state index in [1.807, 2.05) is 24.6 Å². The van der Waals surface area contributed by atoms with Crippen molar-refractivity contribution in [2.45, 2.75) is 18.9 Å². The van der Waals surface area contributed by atoms with Crippen LogP contribution in [0.2, 0.25) is 0 Å². The maximum atomic E-state index is 13.9. The van der Waals surface area contributed by atoms with Crippen LogP contribution in [0.25, 0.3) is 0 Å². The van der Waals surface area contributed by atoms with Crippen molar-refractivity contribution in [3.8, 4) is 0 Å². The largest absolute Gasteiger partial charge is 0.316 e. The molecule has 0 aliphatic heterocycles. The lowest BCUT2D eigenvalue weighted by atomic mass is 10.0. The highest BCUT2D eigenvalue weighted by Gasteiger charge is 2.17. The van der Waals surface area contributed by atoms with Crippen LogP contribution >= 0.6 is 27.3 Å². The molecule has 1 unspecified atom stereocenters. The summed E-state index contributed by atoms with van der Waals surface area (Å²) in [7, 11) is 1.81. The Morgan fingerprint density at radius 3 is 2.68 bits per heavy atom. The topological polar surface area (TPSA) is 12.0 Å². The molecule has 1 aromatic heterocycles. The second-order valence-electron chi connectivity index (χ2n) is 4.29. The summed E-state index contributed by atoms with van der Waals surface area (Å²) in [5.74, 6) is -1.00. The molecule has 0 aliphatic rings. The van der Waals surface area contributed by atoms with Crippen LogP contribution < -0.4 is 5.32 Å². The number of thiophene rings is 1. The zero-order valence-electron chi connectivity index (χ0n) is 10.4. The Balaban J connectivity index is 2.16. The standard InChI is InChI=1S/C14H14BrF2NS/c1-18-9(7-10-3-2-6-19-10)8-11-13(16)5-4-12(15)14(11)17/h2-6,9,18H,7-8H2,1H3. The van der Waals surface area contributed by atoms with Crippen LogP contribution in [-0.4, -0.2) is 13.1 Å². The van der Waals surface area contributed by atoms with E-state index < -0.39 is 11.6 Å². The molecule has 2 rings (SSSR count). The third kappa shape index (κ3) is 3.61. The molecule has 1 aromatic carbocycles. The fraction of sp³-hybridized carbons (Fsp3) is 0.286. The van der Waals surface area contributed by atoms with Crippen molar-refractivity contribution in [1.82, 2.24) is 5.32 Å². The summed E-state index contributed by atoms with van der Waals surface area (Å²) < 4.78 is 27.9. The molecule has 102 valence electrons. The average molecular weight is 346 g/mol. The van der Waals surface area contributed by atoms with Gasteiger partial charge in [-0.1, -0.05) is 6.07 Å². The Morgan fingerprint density at radius 1 is 1.26 bits per heavy atom. The van der Waals surface area contributed by atoms with Gasteiger partial charge in [0.25, 0.3) is 0 Å². The van der Waals surface area contributed by atoms with E-state index in [-0.39, 0.29) is 11.6 Å². The summed E-state index contributed by atoms with van der Waals surface area (Å²) in [6.07, 6.45) is 1.09. The first-order chi connectivity index (χ1) is 9.11. The van der Waals surface area contributed by atoms with Gasteiger partial charge in [0.05, 0.1) is 4.47 Å². The fourth-order valence-corrected chi connectivity index (χ4v) is 3.11. The van der Waals surface area contributed by atoms with Crippen LogP contribution in [0.15, 0.2) is 34.1 Å². The van der Waals surface area contributed by atoms with Gasteiger partial charge in [-0.05, 0) is 59.4 Å². The monoisotopic (exact) mass is 345 g/mol. The van der Waals surface area contributed by atoms with Gasteiger partial charge in [-0.15, -0.1) is 11.3 Å². The molecule has 1 atom stereocenters. The van der Waals surface area contributed by atoms with Gasteiger partial charge in [0.2, 0.25) is 0 Å². The summed E-state index contributed by atoms with van der Waals surface area (Å²) in [5, 5.41) is 5.12. The zero-order valence-corrected chi connectivity index (χ0v) is 12.8. The van der Waals surface area contributed by atoms with E-state index in [2.05, 4.69) is 21.2 Å². The van der Waals surface area contributed by atoms with E-state index in [9.17, 15) is 8.78 Å². The molecule has 0 bridgehead atoms. The Bertz CT molecular complexity index is 543. The molecule has 0 saturated carbocycles. The molecule has 2 aromatic rings. The van der Waals surface area contributed by atoms with Crippen LogP contribution in [0, 0.1) is 11.6 Å². The van der Waals surface area contributed by atoms with Crippen molar-refractivity contribution in [2.24, 2.45) is 0 Å². The number of rotatable bonds is 5. The van der Waals surface area contributed by atoms with Gasteiger partial charge in [0, 0.05) is 16.5 Å². The lowest BCUT2D eigenvalue weighted by molar-refractivity contribution is 0.501. The number of benzene rings is 1. The highest BCUT2D eigenvalue weighted by atomic mass is 79.9. The zero-order chi connectivity index (χ0) is 13.8. The van der Waals surface area contributed by atoms with Crippen molar-refractivity contribution < 1.29 is 8.78 Å². The van der Waals surface area contributed by atoms with Gasteiger partial charge in [-0.3, -0.25) is 0 Å². The number of hydrogen-bond acceptors (Lipinski definition) is 2. The molecule has 1 N–H and O–H groups in total. The fourth-order valence-electron chi connectivity index (χ4n) is 1.95. The van der Waals surface area contributed by atoms with E-state index in [0.717, 1.165) is 6.42 Å². The smallest absolute Gasteiger partial charge is 0.143 e. The SMILES string of the molecule is CNC(Cc1cccs1)Cc1c(F)ccc(Br)c1F. The second kappa shape index (κ2) is 6.59. The molecular weight excluding hydrogens is 332 g/mol. The molecule has 5 heteroatoms. The first-order valence-electron chi connectivity index (χ1n) is 5.94. The predicted octanol–water partition coefficient (Wildman–Crippen LogP) is 4.16. The average Bonchev–Trinajstić information content (AvgIpc) is 2.90. The van der Waals surface area contributed by atoms with Crippen molar-refractivity contribution in [2.75, 3.05) is 7.05 Å². The molecule has 0 amide bonds. The molecule has 0 fully saturated rings. The van der Waals surface area contributed by atoms with Crippen LogP contribution in [0.3, 0.4) is 0 Å². The molecule has 0 spiro atoms. The first kappa shape index (κ1) is 14.6. The number of nitrogens with one attached hydrogen (secondary N) is 1. The molecule has 19 heavy (non-hydrogen) atoms. The van der Waals surface area contributed by atoms with Crippen LogP contribution in [-0.2, 0) is 12.8 Å². The van der Waals surface area contributed by atoms with Gasteiger partial charge in [0.15, 0.2) is 0 Å². The maximum absolute atomic E-state index is 13.9. The van der Waals surface area contributed by atoms with Crippen LogP contribution in [0.1, 0.15) is 10.4 Å². The van der Waals surface area contributed by atoms with Gasteiger partial charge in [-0.2, -0.15) is 0 Å². The number of halogens is 3. The Morgan fingerprint density at radius 2 is 2.05 bits per heavy atom. The minimum absolute atomic E-state index is 0.0111. The molecule has 0 radical (unpaired) electrons. The minimum Gasteiger partial charge on any atom is -0.316 e. The summed E-state index contributed by atoms with van der Waals surface area (Å²) in [6, 6.07) is 6.70. The predicted molar refractivity (Wildman–Crippen MR) is 78.6 cm³/mol. The number of hydrogen-bond donors (Lipinski definition) is 1. The van der Waals surface area contributed by atoms with Crippen molar-refractivity contribution in [3.63, 3.8) is 0 Å². The van der Waals surface area contributed by atoms with Gasteiger partial charge >= 0.3 is 0 Å². The Hall–Kier alpha value is -0.780. The van der Waals surface area contributed by atoms with Gasteiger partial charge in [0.1, 0.15) is 11.6 Å². The van der Waals surface area contributed by atoms with Gasteiger partial charge < -0.3 is 5.32 Å². The van der Waals surface area contributed by atoms with Crippen LogP contribution in [0.5, 0.6) is 0 Å². The van der Waals surface area contributed by atoms with Crippen LogP contribution in [0.4, 0.5) is 8.78 Å². The second-order valence-corrected chi connectivity index (χ2v) is 6.18. The van der Waals surface area contributed by atoms with E-state index in [1.54, 1.807) is 11.3 Å². The molecule has 0 saturated heterocycles. The number of likely N-dealkylation sites (N-methyl/N-ethyl adjacent to an activating group) is 1. The summed E-state index contributed by atoms with van der Waals surface area (Å²) in [6.45, 7) is 0. The lowest BCUT2D eigenvalue weighted by Gasteiger charge is -2.16. The van der Waals surface area contributed by atoms with Crippen molar-refractivity contribution >= 4 is 27.3 Å². The van der Waals surface area contributed by atoms with E-state index in [1.165, 1.54) is 17.0 Å². The van der Waals surface area contributed by atoms with E-state index in [4.69, 9.17) is 0 Å². The third-order valence-corrected chi connectivity index (χ3v) is 4.54. The molecular formula is C14H14BrF2NS. The first-order valence-corrected chi connectivity index (χ1v) is 7.61. The minimum atomic E-state index is -0.508. The van der Waals surface area contributed by atoms with E-state index >= 15 is 0 Å². The lowest BCUT2D eigenvalue weighted by Crippen LogP contribution is -2.30. The third-order valence-electron chi connectivity index (χ3n) is 3.03. The van der Waals surface area contributed by atoms with E-state index in [0.29, 0.717) is 10.9 Å². The summed E-state index contributed by atoms with van der Waals surface area (Å²) >= 11 is 4.74. The Labute approximate surface area is 123 Å². The molecule has 0 aliphatic carbocycles. The highest BCUT2D eigenvalue weighted by molar-refractivity contribution is 9.10. The normalized spacial score (nSPS) is 12.6. The van der Waals surface area contributed by atoms with Crippen molar-refractivity contribution in [3.05, 3.63) is 56.2 Å². The Kier molecular flexibility index (Phi) is 5.07. The summed E-state index contributed by atoms with van der Waals surface area (Å²) in [5.41, 5.74) is 0.130. The van der Waals surface area contributed by atoms with Gasteiger partial charge in [-0.25, -0.2) is 8.78 Å². The highest BCUT2D eigenvalue weighted by Crippen LogP contribution is 2.23. The molecule has 1 nitrogen and oxygen atoms in total. The molecule has 1 heterocycles.